The Labute approximate surface area is 180 Å². The van der Waals surface area contributed by atoms with E-state index in [1.807, 2.05) is 12.1 Å². The molecule has 0 unspecified atom stereocenters. The summed E-state index contributed by atoms with van der Waals surface area (Å²) < 4.78 is 0. The number of rotatable bonds is 4. The maximum absolute atomic E-state index is 10.7. The maximum atomic E-state index is 10.7. The molecule has 4 aromatic carbocycles. The van der Waals surface area contributed by atoms with Gasteiger partial charge in [0.15, 0.2) is 0 Å². The van der Waals surface area contributed by atoms with Crippen LogP contribution in [0.25, 0.3) is 22.3 Å². The van der Waals surface area contributed by atoms with Gasteiger partial charge in [-0.25, -0.2) is 9.59 Å². The third-order valence-corrected chi connectivity index (χ3v) is 4.48. The first-order valence-corrected chi connectivity index (χ1v) is 9.32. The highest BCUT2D eigenvalue weighted by Gasteiger charge is 2.05. The lowest BCUT2D eigenvalue weighted by Gasteiger charge is -2.03. The first-order chi connectivity index (χ1) is 14.5. The first-order valence-electron chi connectivity index (χ1n) is 9.32. The Balaban J connectivity index is 0.000000229. The monoisotopic (exact) mass is 414 g/mol. The minimum absolute atomic E-state index is 0. The Morgan fingerprint density at radius 3 is 0.935 bits per heavy atom. The maximum Gasteiger partial charge on any atom is 0.335 e. The van der Waals surface area contributed by atoms with Gasteiger partial charge in [-0.3, -0.25) is 0 Å². The molecule has 4 rings (SSSR count). The van der Waals surface area contributed by atoms with E-state index in [0.29, 0.717) is 0 Å². The van der Waals surface area contributed by atoms with E-state index in [4.69, 9.17) is 10.2 Å². The van der Waals surface area contributed by atoms with Crippen molar-refractivity contribution < 1.29 is 25.3 Å². The fourth-order valence-corrected chi connectivity index (χ4v) is 2.87. The third kappa shape index (κ3) is 6.39. The van der Waals surface area contributed by atoms with Crippen molar-refractivity contribution in [3.63, 3.8) is 0 Å². The molecule has 0 atom stereocenters. The second-order valence-corrected chi connectivity index (χ2v) is 6.50. The SMILES string of the molecule is O.O=C(O)c1ccc(-c2ccc(C(=O)O)cc2)cc1.c1ccc(-c2ccccc2)cc1. The number of hydrogen-bond donors (Lipinski definition) is 2. The molecule has 0 saturated carbocycles. The molecule has 31 heavy (non-hydrogen) atoms. The zero-order chi connectivity index (χ0) is 21.3. The van der Waals surface area contributed by atoms with E-state index in [2.05, 4.69) is 48.5 Å². The van der Waals surface area contributed by atoms with Crippen LogP contribution in [0.15, 0.2) is 109 Å². The molecule has 4 N–H and O–H groups in total. The normalized spacial score (nSPS) is 9.55. The molecule has 5 heteroatoms. The molecule has 0 fully saturated rings. The summed E-state index contributed by atoms with van der Waals surface area (Å²) in [4.78, 5) is 21.4. The Kier molecular flexibility index (Phi) is 8.25. The van der Waals surface area contributed by atoms with Crippen molar-refractivity contribution in [1.82, 2.24) is 0 Å². The molecule has 0 bridgehead atoms. The van der Waals surface area contributed by atoms with Gasteiger partial charge in [-0.15, -0.1) is 0 Å². The molecule has 0 amide bonds. The van der Waals surface area contributed by atoms with Crippen molar-refractivity contribution >= 4 is 11.9 Å². The number of carbonyl (C=O) groups is 2. The Hall–Kier alpha value is -4.22. The van der Waals surface area contributed by atoms with Crippen LogP contribution >= 0.6 is 0 Å². The zero-order valence-electron chi connectivity index (χ0n) is 16.6. The van der Waals surface area contributed by atoms with Crippen LogP contribution in [0, 0.1) is 0 Å². The lowest BCUT2D eigenvalue weighted by molar-refractivity contribution is 0.0686. The highest BCUT2D eigenvalue weighted by atomic mass is 16.4. The summed E-state index contributed by atoms with van der Waals surface area (Å²) in [7, 11) is 0. The van der Waals surface area contributed by atoms with Crippen molar-refractivity contribution in [2.75, 3.05) is 0 Å². The summed E-state index contributed by atoms with van der Waals surface area (Å²) in [5.41, 5.74) is 4.69. The predicted octanol–water partition coefficient (Wildman–Crippen LogP) is 5.28. The molecule has 0 aliphatic carbocycles. The number of hydrogen-bond acceptors (Lipinski definition) is 2. The van der Waals surface area contributed by atoms with E-state index in [1.165, 1.54) is 35.4 Å². The fraction of sp³-hybridized carbons (Fsp3) is 0. The molecule has 4 aromatic rings. The van der Waals surface area contributed by atoms with Crippen LogP contribution in [0.5, 0.6) is 0 Å². The van der Waals surface area contributed by atoms with Crippen LogP contribution in [0.2, 0.25) is 0 Å². The number of carboxylic acids is 2. The zero-order valence-corrected chi connectivity index (χ0v) is 16.6. The van der Waals surface area contributed by atoms with Gasteiger partial charge < -0.3 is 15.7 Å². The average Bonchev–Trinajstić information content (AvgIpc) is 2.81. The summed E-state index contributed by atoms with van der Waals surface area (Å²) in [5, 5.41) is 17.6. The molecule has 0 saturated heterocycles. The predicted molar refractivity (Wildman–Crippen MR) is 121 cm³/mol. The highest BCUT2D eigenvalue weighted by Crippen LogP contribution is 2.20. The molecule has 0 aliphatic rings. The summed E-state index contributed by atoms with van der Waals surface area (Å²) >= 11 is 0. The van der Waals surface area contributed by atoms with E-state index < -0.39 is 11.9 Å². The van der Waals surface area contributed by atoms with Crippen molar-refractivity contribution in [3.05, 3.63) is 120 Å². The molecule has 156 valence electrons. The quantitative estimate of drug-likeness (QED) is 0.474. The molecular weight excluding hydrogens is 392 g/mol. The smallest absolute Gasteiger partial charge is 0.335 e. The third-order valence-electron chi connectivity index (χ3n) is 4.48. The fourth-order valence-electron chi connectivity index (χ4n) is 2.87. The molecule has 0 aliphatic heterocycles. The van der Waals surface area contributed by atoms with Gasteiger partial charge in [-0.1, -0.05) is 84.9 Å². The van der Waals surface area contributed by atoms with Crippen LogP contribution in [-0.4, -0.2) is 27.6 Å². The van der Waals surface area contributed by atoms with Crippen molar-refractivity contribution in [2.45, 2.75) is 0 Å². The Bertz CT molecular complexity index is 1010. The van der Waals surface area contributed by atoms with Gasteiger partial charge in [0, 0.05) is 0 Å². The van der Waals surface area contributed by atoms with E-state index >= 15 is 0 Å². The van der Waals surface area contributed by atoms with Gasteiger partial charge in [-0.2, -0.15) is 0 Å². The highest BCUT2D eigenvalue weighted by molar-refractivity contribution is 5.89. The van der Waals surface area contributed by atoms with Gasteiger partial charge in [0.1, 0.15) is 0 Å². The molecular formula is C26H22O5. The second kappa shape index (κ2) is 11.1. The lowest BCUT2D eigenvalue weighted by Crippen LogP contribution is -1.96. The van der Waals surface area contributed by atoms with E-state index in [-0.39, 0.29) is 16.6 Å². The topological polar surface area (TPSA) is 106 Å². The van der Waals surface area contributed by atoms with E-state index in [1.54, 1.807) is 24.3 Å². The summed E-state index contributed by atoms with van der Waals surface area (Å²) in [6, 6.07) is 33.6. The van der Waals surface area contributed by atoms with Crippen molar-refractivity contribution in [3.8, 4) is 22.3 Å². The van der Waals surface area contributed by atoms with Crippen LogP contribution in [0.1, 0.15) is 20.7 Å². The second-order valence-electron chi connectivity index (χ2n) is 6.50. The molecule has 0 heterocycles. The van der Waals surface area contributed by atoms with E-state index in [0.717, 1.165) is 11.1 Å². The number of aromatic carboxylic acids is 2. The first kappa shape index (κ1) is 23.1. The van der Waals surface area contributed by atoms with Gasteiger partial charge in [0.2, 0.25) is 0 Å². The summed E-state index contributed by atoms with van der Waals surface area (Å²) in [5.74, 6) is -1.94. The standard InChI is InChI=1S/C14H10O4.C12H10.H2O/c15-13(16)11-5-1-9(2-6-11)10-3-7-12(8-4-10)14(17)18;1-3-7-11(8-4-1)12-9-5-2-6-10-12;/h1-8H,(H,15,16)(H,17,18);1-10H;1H2. The molecule has 5 nitrogen and oxygen atoms in total. The van der Waals surface area contributed by atoms with Gasteiger partial charge in [-0.05, 0) is 46.5 Å². The van der Waals surface area contributed by atoms with E-state index in [9.17, 15) is 9.59 Å². The largest absolute Gasteiger partial charge is 0.478 e. The van der Waals surface area contributed by atoms with Crippen LogP contribution in [-0.2, 0) is 0 Å². The molecule has 0 aromatic heterocycles. The van der Waals surface area contributed by atoms with Crippen LogP contribution in [0.3, 0.4) is 0 Å². The van der Waals surface area contributed by atoms with Gasteiger partial charge >= 0.3 is 11.9 Å². The molecule has 0 radical (unpaired) electrons. The Morgan fingerprint density at radius 2 is 0.677 bits per heavy atom. The molecule has 0 spiro atoms. The Morgan fingerprint density at radius 1 is 0.419 bits per heavy atom. The van der Waals surface area contributed by atoms with Gasteiger partial charge in [0.25, 0.3) is 0 Å². The summed E-state index contributed by atoms with van der Waals surface area (Å²) in [6.07, 6.45) is 0. The minimum Gasteiger partial charge on any atom is -0.478 e. The lowest BCUT2D eigenvalue weighted by atomic mass is 10.0. The average molecular weight is 414 g/mol. The van der Waals surface area contributed by atoms with Crippen molar-refractivity contribution in [2.24, 2.45) is 0 Å². The number of carboxylic acid groups (broad SMARTS) is 2. The van der Waals surface area contributed by atoms with Crippen molar-refractivity contribution in [1.29, 1.82) is 0 Å². The minimum atomic E-state index is -0.970. The number of benzene rings is 4. The van der Waals surface area contributed by atoms with Crippen LogP contribution in [0.4, 0.5) is 0 Å². The van der Waals surface area contributed by atoms with Gasteiger partial charge in [0.05, 0.1) is 11.1 Å². The summed E-state index contributed by atoms with van der Waals surface area (Å²) in [6.45, 7) is 0. The van der Waals surface area contributed by atoms with Crippen LogP contribution < -0.4 is 0 Å².